The highest BCUT2D eigenvalue weighted by Crippen LogP contribution is 2.41. The van der Waals surface area contributed by atoms with E-state index in [1.54, 1.807) is 18.3 Å². The number of thioether (sulfide) groups is 1. The number of nitrogens with zero attached hydrogens (tertiary/aromatic N) is 2. The van der Waals surface area contributed by atoms with Gasteiger partial charge in [0.2, 0.25) is 17.5 Å². The van der Waals surface area contributed by atoms with Gasteiger partial charge in [0.15, 0.2) is 11.5 Å². The number of carboxylic acid groups (broad SMARTS) is 1. The largest absolute Gasteiger partial charge is 0.548 e. The minimum atomic E-state index is -1.37. The fourth-order valence-electron chi connectivity index (χ4n) is 3.67. The Labute approximate surface area is 210 Å². The molecule has 11 nitrogen and oxygen atoms in total. The van der Waals surface area contributed by atoms with Gasteiger partial charge in [-0.15, -0.1) is 10.2 Å². The zero-order chi connectivity index (χ0) is 25.7. The second-order valence-corrected chi connectivity index (χ2v) is 8.51. The summed E-state index contributed by atoms with van der Waals surface area (Å²) in [7, 11) is 4.48. The first-order valence-electron chi connectivity index (χ1n) is 10.7. The van der Waals surface area contributed by atoms with Crippen molar-refractivity contribution in [2.75, 3.05) is 27.1 Å². The number of fused-ring (bicyclic) bond motifs is 1. The molecule has 0 aliphatic heterocycles. The number of ether oxygens (including phenoxy) is 3. The normalized spacial score (nSPS) is 11.8. The molecule has 0 aliphatic rings. The molecule has 2 heterocycles. The van der Waals surface area contributed by atoms with E-state index in [4.69, 9.17) is 18.6 Å². The molecule has 0 radical (unpaired) electrons. The molecule has 2 N–H and O–H groups in total. The number of aromatic nitrogens is 3. The molecule has 0 bridgehead atoms. The summed E-state index contributed by atoms with van der Waals surface area (Å²) in [5.74, 6) is -0.574. The van der Waals surface area contributed by atoms with Gasteiger partial charge in [0.05, 0.1) is 39.1 Å². The Morgan fingerprint density at radius 3 is 2.50 bits per heavy atom. The zero-order valence-electron chi connectivity index (χ0n) is 19.7. The lowest BCUT2D eigenvalue weighted by Crippen LogP contribution is -2.49. The van der Waals surface area contributed by atoms with E-state index >= 15 is 0 Å². The molecular formula is C24H23N4O7S-. The minimum Gasteiger partial charge on any atom is -0.548 e. The topological polar surface area (TPSA) is 152 Å². The SMILES string of the molecule is COc1cc(-c2nnc(SCC(=O)N[C@@H](Cc3c[nH]c4ccccc34)C(=O)[O-])o2)cc(OC)c1OC. The Kier molecular flexibility index (Phi) is 7.64. The Bertz CT molecular complexity index is 1360. The molecule has 0 saturated carbocycles. The maximum atomic E-state index is 12.5. The van der Waals surface area contributed by atoms with Crippen molar-refractivity contribution in [1.29, 1.82) is 0 Å². The standard InChI is InChI=1S/C24H24N4O7S/c1-32-18-9-13(10-19(33-2)21(18)34-3)22-27-28-24(35-22)36-12-20(29)26-17(23(30)31)8-14-11-25-16-7-5-4-6-15(14)16/h4-7,9-11,17,25H,8,12H2,1-3H3,(H,26,29)(H,30,31)/p-1/t17-/m0/s1. The molecule has 1 amide bonds. The molecule has 0 aliphatic carbocycles. The fraction of sp³-hybridized carbons (Fsp3) is 0.250. The van der Waals surface area contributed by atoms with Crippen molar-refractivity contribution in [3.05, 3.63) is 48.2 Å². The number of rotatable bonds is 11. The van der Waals surface area contributed by atoms with Crippen LogP contribution < -0.4 is 24.6 Å². The van der Waals surface area contributed by atoms with Crippen LogP contribution in [-0.4, -0.2) is 60.2 Å². The van der Waals surface area contributed by atoms with Gasteiger partial charge in [-0.1, -0.05) is 30.0 Å². The number of carbonyl (C=O) groups is 2. The molecule has 0 fully saturated rings. The Morgan fingerprint density at radius 1 is 1.11 bits per heavy atom. The highest BCUT2D eigenvalue weighted by Gasteiger charge is 2.20. The smallest absolute Gasteiger partial charge is 0.277 e. The van der Waals surface area contributed by atoms with E-state index < -0.39 is 17.9 Å². The summed E-state index contributed by atoms with van der Waals surface area (Å²) in [5.41, 5.74) is 2.18. The van der Waals surface area contributed by atoms with Gasteiger partial charge in [-0.2, -0.15) is 0 Å². The molecule has 2 aromatic carbocycles. The van der Waals surface area contributed by atoms with E-state index in [1.165, 1.54) is 21.3 Å². The van der Waals surface area contributed by atoms with E-state index in [0.29, 0.717) is 22.8 Å². The second-order valence-electron chi connectivity index (χ2n) is 7.58. The van der Waals surface area contributed by atoms with Gasteiger partial charge in [-0.05, 0) is 23.8 Å². The first kappa shape index (κ1) is 24.9. The number of hydrogen-bond acceptors (Lipinski definition) is 10. The van der Waals surface area contributed by atoms with Gasteiger partial charge >= 0.3 is 0 Å². The van der Waals surface area contributed by atoms with Gasteiger partial charge in [-0.3, -0.25) is 4.79 Å². The highest BCUT2D eigenvalue weighted by atomic mass is 32.2. The van der Waals surface area contributed by atoms with Crippen molar-refractivity contribution in [3.63, 3.8) is 0 Å². The zero-order valence-corrected chi connectivity index (χ0v) is 20.5. The number of aliphatic carboxylic acids is 1. The highest BCUT2D eigenvalue weighted by molar-refractivity contribution is 7.99. The van der Waals surface area contributed by atoms with Crippen LogP contribution in [0.2, 0.25) is 0 Å². The van der Waals surface area contributed by atoms with Crippen molar-refractivity contribution in [3.8, 4) is 28.7 Å². The molecular weight excluding hydrogens is 488 g/mol. The van der Waals surface area contributed by atoms with Crippen molar-refractivity contribution in [2.45, 2.75) is 17.7 Å². The maximum Gasteiger partial charge on any atom is 0.277 e. The second kappa shape index (κ2) is 11.0. The van der Waals surface area contributed by atoms with Gasteiger partial charge in [0.25, 0.3) is 5.22 Å². The van der Waals surface area contributed by atoms with Crippen LogP contribution in [0.4, 0.5) is 0 Å². The van der Waals surface area contributed by atoms with Crippen LogP contribution in [0.15, 0.2) is 52.2 Å². The number of benzene rings is 2. The number of carbonyl (C=O) groups excluding carboxylic acids is 2. The average Bonchev–Trinajstić information content (AvgIpc) is 3.53. The van der Waals surface area contributed by atoms with Crippen molar-refractivity contribution >= 4 is 34.5 Å². The number of H-pyrrole nitrogens is 1. The van der Waals surface area contributed by atoms with Gasteiger partial charge in [0, 0.05) is 29.1 Å². The monoisotopic (exact) mass is 511 g/mol. The van der Waals surface area contributed by atoms with E-state index in [1.807, 2.05) is 24.3 Å². The van der Waals surface area contributed by atoms with Crippen LogP contribution in [0.1, 0.15) is 5.56 Å². The van der Waals surface area contributed by atoms with Crippen LogP contribution >= 0.6 is 11.8 Å². The molecule has 0 saturated heterocycles. The molecule has 188 valence electrons. The summed E-state index contributed by atoms with van der Waals surface area (Å²) >= 11 is 0.977. The molecule has 4 aromatic rings. The van der Waals surface area contributed by atoms with E-state index in [-0.39, 0.29) is 23.3 Å². The van der Waals surface area contributed by atoms with E-state index in [0.717, 1.165) is 28.2 Å². The summed E-state index contributed by atoms with van der Waals surface area (Å²) < 4.78 is 21.6. The summed E-state index contributed by atoms with van der Waals surface area (Å²) in [5, 5.41) is 23.1. The molecule has 0 unspecified atom stereocenters. The molecule has 1 atom stereocenters. The van der Waals surface area contributed by atoms with Crippen LogP contribution in [0.25, 0.3) is 22.4 Å². The minimum absolute atomic E-state index is 0.0780. The van der Waals surface area contributed by atoms with Crippen molar-refractivity contribution in [2.24, 2.45) is 0 Å². The molecule has 4 rings (SSSR count). The lowest BCUT2D eigenvalue weighted by molar-refractivity contribution is -0.308. The lowest BCUT2D eigenvalue weighted by Gasteiger charge is -2.19. The number of carboxylic acids is 1. The Balaban J connectivity index is 1.40. The summed E-state index contributed by atoms with van der Waals surface area (Å²) in [6.07, 6.45) is 1.80. The van der Waals surface area contributed by atoms with E-state index in [9.17, 15) is 14.7 Å². The molecule has 12 heteroatoms. The number of para-hydroxylation sites is 1. The van der Waals surface area contributed by atoms with Crippen molar-refractivity contribution in [1.82, 2.24) is 20.5 Å². The average molecular weight is 512 g/mol. The van der Waals surface area contributed by atoms with Gasteiger partial charge in [-0.25, -0.2) is 0 Å². The first-order valence-corrected chi connectivity index (χ1v) is 11.7. The molecule has 2 aromatic heterocycles. The maximum absolute atomic E-state index is 12.5. The predicted molar refractivity (Wildman–Crippen MR) is 129 cm³/mol. The predicted octanol–water partition coefficient (Wildman–Crippen LogP) is 1.81. The Morgan fingerprint density at radius 2 is 1.83 bits per heavy atom. The number of aromatic amines is 1. The lowest BCUT2D eigenvalue weighted by atomic mass is 10.1. The van der Waals surface area contributed by atoms with Crippen LogP contribution in [0.5, 0.6) is 17.2 Å². The number of hydrogen-bond donors (Lipinski definition) is 2. The fourth-order valence-corrected chi connectivity index (χ4v) is 4.24. The summed E-state index contributed by atoms with van der Waals surface area (Å²) in [6, 6.07) is 9.62. The third-order valence-corrected chi connectivity index (χ3v) is 6.18. The van der Waals surface area contributed by atoms with Crippen LogP contribution in [0.3, 0.4) is 0 Å². The van der Waals surface area contributed by atoms with Gasteiger partial charge < -0.3 is 38.8 Å². The van der Waals surface area contributed by atoms with Crippen LogP contribution in [0, 0.1) is 0 Å². The number of methoxy groups -OCH3 is 3. The van der Waals surface area contributed by atoms with Crippen LogP contribution in [-0.2, 0) is 16.0 Å². The molecule has 0 spiro atoms. The van der Waals surface area contributed by atoms with Gasteiger partial charge in [0.1, 0.15) is 0 Å². The Hall–Kier alpha value is -4.19. The summed E-state index contributed by atoms with van der Waals surface area (Å²) in [6.45, 7) is 0. The third kappa shape index (κ3) is 5.38. The quantitative estimate of drug-likeness (QED) is 0.285. The van der Waals surface area contributed by atoms with Crippen molar-refractivity contribution < 1.29 is 33.3 Å². The van der Waals surface area contributed by atoms with E-state index in [2.05, 4.69) is 20.5 Å². The third-order valence-electron chi connectivity index (χ3n) is 5.36. The number of amides is 1. The first-order chi connectivity index (χ1) is 17.4. The number of nitrogens with one attached hydrogen (secondary N) is 2. The molecule has 36 heavy (non-hydrogen) atoms. The summed E-state index contributed by atoms with van der Waals surface area (Å²) in [4.78, 5) is 27.2.